The quantitative estimate of drug-likeness (QED) is 0.727. The third-order valence-electron chi connectivity index (χ3n) is 7.64. The third-order valence-corrected chi connectivity index (χ3v) is 7.64. The zero-order valence-electron chi connectivity index (χ0n) is 18.4. The van der Waals surface area contributed by atoms with E-state index in [4.69, 9.17) is 5.26 Å². The number of nitrogens with zero attached hydrogens (tertiary/aromatic N) is 2. The molecule has 5 heteroatoms. The van der Waals surface area contributed by atoms with Crippen LogP contribution >= 0.6 is 0 Å². The van der Waals surface area contributed by atoms with Crippen molar-refractivity contribution in [2.45, 2.75) is 76.2 Å². The van der Waals surface area contributed by atoms with Crippen LogP contribution in [0.1, 0.15) is 79.0 Å². The maximum absolute atomic E-state index is 12.9. The molecule has 2 aliphatic carbocycles. The molecule has 0 unspecified atom stereocenters. The largest absolute Gasteiger partial charge is 0.389 e. The van der Waals surface area contributed by atoms with Gasteiger partial charge in [0.15, 0.2) is 0 Å². The second-order valence-electron chi connectivity index (χ2n) is 9.32. The maximum Gasteiger partial charge on any atom is 0.255 e. The van der Waals surface area contributed by atoms with Gasteiger partial charge in [-0.05, 0) is 98.6 Å². The Labute approximate surface area is 184 Å². The number of hydrogen-bond acceptors (Lipinski definition) is 4. The van der Waals surface area contributed by atoms with Crippen LogP contribution in [0.25, 0.3) is 0 Å². The molecule has 0 spiro atoms. The number of nitriles is 1. The van der Waals surface area contributed by atoms with Crippen molar-refractivity contribution in [1.82, 2.24) is 4.98 Å². The molecule has 1 amide bonds. The van der Waals surface area contributed by atoms with Crippen molar-refractivity contribution in [3.63, 3.8) is 0 Å². The molecule has 2 aromatic rings. The van der Waals surface area contributed by atoms with Crippen molar-refractivity contribution in [1.29, 1.82) is 5.26 Å². The number of benzene rings is 1. The van der Waals surface area contributed by atoms with Crippen LogP contribution in [0, 0.1) is 24.2 Å². The Balaban J connectivity index is 1.64. The van der Waals surface area contributed by atoms with E-state index in [-0.39, 0.29) is 17.7 Å². The lowest BCUT2D eigenvalue weighted by molar-refractivity contribution is -0.0446. The van der Waals surface area contributed by atoms with Gasteiger partial charge in [-0.2, -0.15) is 5.26 Å². The number of aromatic nitrogens is 1. The number of carbonyl (C=O) groups is 1. The van der Waals surface area contributed by atoms with Crippen LogP contribution in [0.5, 0.6) is 0 Å². The molecule has 0 radical (unpaired) electrons. The number of pyridine rings is 1. The summed E-state index contributed by atoms with van der Waals surface area (Å²) in [5.41, 5.74) is 3.95. The molecule has 0 aliphatic heterocycles. The monoisotopic (exact) mass is 417 g/mol. The number of aryl methyl sites for hydroxylation is 2. The van der Waals surface area contributed by atoms with Gasteiger partial charge in [0.25, 0.3) is 5.91 Å². The van der Waals surface area contributed by atoms with E-state index in [1.54, 1.807) is 6.20 Å². The lowest BCUT2D eigenvalue weighted by Gasteiger charge is -2.49. The molecule has 1 saturated carbocycles. The number of anilines is 1. The summed E-state index contributed by atoms with van der Waals surface area (Å²) < 4.78 is 0. The molecular formula is C26H31N3O2. The summed E-state index contributed by atoms with van der Waals surface area (Å²) in [6, 6.07) is 12.0. The minimum Gasteiger partial charge on any atom is -0.389 e. The SMILES string of the molecule is CC[C@@]12CC[C@](O)(CC#N)C[C@@H]1CCCc1cc(C(=O)Nc3cccnc3C)ccc12. The van der Waals surface area contributed by atoms with Gasteiger partial charge in [0, 0.05) is 11.8 Å². The lowest BCUT2D eigenvalue weighted by Crippen LogP contribution is -2.47. The Bertz CT molecular complexity index is 1030. The van der Waals surface area contributed by atoms with Gasteiger partial charge in [0.2, 0.25) is 0 Å². The number of nitrogens with one attached hydrogen (secondary N) is 1. The number of rotatable bonds is 4. The van der Waals surface area contributed by atoms with Gasteiger partial charge in [-0.15, -0.1) is 0 Å². The van der Waals surface area contributed by atoms with E-state index in [0.29, 0.717) is 24.3 Å². The summed E-state index contributed by atoms with van der Waals surface area (Å²) in [6.07, 6.45) is 8.20. The molecule has 162 valence electrons. The van der Waals surface area contributed by atoms with Crippen molar-refractivity contribution < 1.29 is 9.90 Å². The van der Waals surface area contributed by atoms with Crippen LogP contribution in [0.4, 0.5) is 5.69 Å². The van der Waals surface area contributed by atoms with E-state index in [1.807, 2.05) is 25.1 Å². The normalized spacial score (nSPS) is 27.4. The first kappa shape index (κ1) is 21.5. The highest BCUT2D eigenvalue weighted by Gasteiger charge is 2.49. The maximum atomic E-state index is 12.9. The molecule has 1 aromatic heterocycles. The zero-order valence-corrected chi connectivity index (χ0v) is 18.4. The van der Waals surface area contributed by atoms with Crippen molar-refractivity contribution in [2.75, 3.05) is 5.32 Å². The highest BCUT2D eigenvalue weighted by Crippen LogP contribution is 2.54. The highest BCUT2D eigenvalue weighted by molar-refractivity contribution is 6.04. The molecule has 2 N–H and O–H groups in total. The van der Waals surface area contributed by atoms with E-state index in [2.05, 4.69) is 35.4 Å². The van der Waals surface area contributed by atoms with Crippen LogP contribution in [0.15, 0.2) is 36.5 Å². The molecule has 4 rings (SSSR count). The van der Waals surface area contributed by atoms with Crippen LogP contribution in [0.2, 0.25) is 0 Å². The smallest absolute Gasteiger partial charge is 0.255 e. The Morgan fingerprint density at radius 1 is 1.35 bits per heavy atom. The molecule has 1 aromatic carbocycles. The summed E-state index contributed by atoms with van der Waals surface area (Å²) in [6.45, 7) is 4.12. The van der Waals surface area contributed by atoms with Crippen molar-refractivity contribution in [3.8, 4) is 6.07 Å². The Hall–Kier alpha value is -2.71. The Morgan fingerprint density at radius 3 is 2.94 bits per heavy atom. The molecule has 1 heterocycles. The minimum atomic E-state index is -0.857. The molecular weight excluding hydrogens is 386 g/mol. The average molecular weight is 418 g/mol. The topological polar surface area (TPSA) is 86.0 Å². The van der Waals surface area contributed by atoms with Crippen LogP contribution < -0.4 is 5.32 Å². The molecule has 5 nitrogen and oxygen atoms in total. The number of amides is 1. The molecule has 2 aliphatic rings. The summed E-state index contributed by atoms with van der Waals surface area (Å²) in [5, 5.41) is 23.1. The molecule has 1 fully saturated rings. The highest BCUT2D eigenvalue weighted by atomic mass is 16.3. The average Bonchev–Trinajstić information content (AvgIpc) is 2.91. The fraction of sp³-hybridized carbons (Fsp3) is 0.500. The summed E-state index contributed by atoms with van der Waals surface area (Å²) in [4.78, 5) is 17.2. The van der Waals surface area contributed by atoms with E-state index in [9.17, 15) is 9.90 Å². The molecule has 3 atom stereocenters. The number of hydrogen-bond donors (Lipinski definition) is 2. The van der Waals surface area contributed by atoms with E-state index < -0.39 is 5.60 Å². The van der Waals surface area contributed by atoms with Crippen LogP contribution in [0.3, 0.4) is 0 Å². The third kappa shape index (κ3) is 3.97. The fourth-order valence-electron chi connectivity index (χ4n) is 5.89. The van der Waals surface area contributed by atoms with E-state index in [0.717, 1.165) is 43.5 Å². The first-order chi connectivity index (χ1) is 14.9. The minimum absolute atomic E-state index is 0.0163. The van der Waals surface area contributed by atoms with E-state index >= 15 is 0 Å². The summed E-state index contributed by atoms with van der Waals surface area (Å²) in [7, 11) is 0. The second kappa shape index (κ2) is 8.43. The zero-order chi connectivity index (χ0) is 22.1. The van der Waals surface area contributed by atoms with Crippen molar-refractivity contribution in [2.24, 2.45) is 5.92 Å². The van der Waals surface area contributed by atoms with Gasteiger partial charge < -0.3 is 10.4 Å². The van der Waals surface area contributed by atoms with Gasteiger partial charge in [0.1, 0.15) is 0 Å². The fourth-order valence-corrected chi connectivity index (χ4v) is 5.89. The second-order valence-corrected chi connectivity index (χ2v) is 9.32. The predicted octanol–water partition coefficient (Wildman–Crippen LogP) is 5.07. The van der Waals surface area contributed by atoms with Crippen LogP contribution in [-0.4, -0.2) is 21.6 Å². The molecule has 31 heavy (non-hydrogen) atoms. The van der Waals surface area contributed by atoms with Gasteiger partial charge >= 0.3 is 0 Å². The summed E-state index contributed by atoms with van der Waals surface area (Å²) in [5.74, 6) is 0.251. The Kier molecular flexibility index (Phi) is 5.85. The van der Waals surface area contributed by atoms with Gasteiger partial charge in [-0.3, -0.25) is 9.78 Å². The number of carbonyl (C=O) groups excluding carboxylic acids is 1. The Morgan fingerprint density at radius 2 is 2.19 bits per heavy atom. The predicted molar refractivity (Wildman–Crippen MR) is 121 cm³/mol. The molecule has 0 saturated heterocycles. The molecule has 0 bridgehead atoms. The van der Waals surface area contributed by atoms with Crippen LogP contribution in [-0.2, 0) is 11.8 Å². The number of fused-ring (bicyclic) bond motifs is 3. The number of aliphatic hydroxyl groups is 1. The van der Waals surface area contributed by atoms with Gasteiger partial charge in [-0.25, -0.2) is 0 Å². The summed E-state index contributed by atoms with van der Waals surface area (Å²) >= 11 is 0. The van der Waals surface area contributed by atoms with Crippen molar-refractivity contribution in [3.05, 3.63) is 58.9 Å². The van der Waals surface area contributed by atoms with E-state index in [1.165, 1.54) is 11.1 Å². The first-order valence-corrected chi connectivity index (χ1v) is 11.4. The van der Waals surface area contributed by atoms with Gasteiger partial charge in [0.05, 0.1) is 29.5 Å². The lowest BCUT2D eigenvalue weighted by atomic mass is 9.56. The standard InChI is InChI=1S/C26H31N3O2/c1-3-26-12-11-25(31,13-14-27)17-21(26)7-4-6-19-16-20(9-10-22(19)26)24(30)29-23-8-5-15-28-18(23)2/h5,8-10,15-16,21,31H,3-4,6-7,11-13,17H2,1-2H3,(H,29,30)/t21-,25-,26+/m0/s1. The first-order valence-electron chi connectivity index (χ1n) is 11.4. The van der Waals surface area contributed by atoms with Crippen molar-refractivity contribution >= 4 is 11.6 Å². The van der Waals surface area contributed by atoms with Gasteiger partial charge in [-0.1, -0.05) is 13.0 Å².